The zero-order chi connectivity index (χ0) is 22.8. The van der Waals surface area contributed by atoms with Gasteiger partial charge in [0.25, 0.3) is 0 Å². The number of carbonyl (C=O) groups excluding carboxylic acids is 1. The highest BCUT2D eigenvalue weighted by Gasteiger charge is 2.21. The maximum Gasteiger partial charge on any atom is 0.326 e. The number of hydrogen-bond donors (Lipinski definition) is 3. The fraction of sp³-hybridized carbons (Fsp3) is 0.474. The lowest BCUT2D eigenvalue weighted by Crippen LogP contribution is -2.43. The minimum Gasteiger partial charge on any atom is -0.493 e. The quantitative estimate of drug-likeness (QED) is 0.564. The number of nitrogens with two attached hydrogens (primary N) is 1. The third-order valence-electron chi connectivity index (χ3n) is 3.43. The summed E-state index contributed by atoms with van der Waals surface area (Å²) in [5.74, 6) is -0.284. The number of amides is 1. The number of sulfone groups is 1. The molecule has 10 heteroatoms. The zero-order valence-electron chi connectivity index (χ0n) is 17.6. The smallest absolute Gasteiger partial charge is 0.326 e. The van der Waals surface area contributed by atoms with Gasteiger partial charge in [-0.2, -0.15) is 0 Å². The molecule has 0 aliphatic rings. The topological polar surface area (TPSA) is 145 Å². The van der Waals surface area contributed by atoms with E-state index in [2.05, 4.69) is 5.32 Å². The zero-order valence-corrected chi connectivity index (χ0v) is 18.4. The summed E-state index contributed by atoms with van der Waals surface area (Å²) >= 11 is 0. The van der Waals surface area contributed by atoms with Gasteiger partial charge in [-0.05, 0) is 31.0 Å². The van der Waals surface area contributed by atoms with Crippen LogP contribution in [0.4, 0.5) is 0 Å². The van der Waals surface area contributed by atoms with Crippen LogP contribution in [0, 0.1) is 5.92 Å². The molecule has 0 aliphatic carbocycles. The van der Waals surface area contributed by atoms with E-state index in [9.17, 15) is 18.0 Å². The minimum absolute atomic E-state index is 0.0867. The molecule has 0 radical (unpaired) electrons. The van der Waals surface area contributed by atoms with Crippen molar-refractivity contribution in [3.8, 4) is 11.5 Å². The Morgan fingerprint density at radius 2 is 1.86 bits per heavy atom. The first-order valence-corrected chi connectivity index (χ1v) is 10.8. The number of ether oxygens (including phenoxy) is 2. The number of methoxy groups -OCH3 is 1. The molecule has 1 amide bonds. The molecule has 164 valence electrons. The van der Waals surface area contributed by atoms with Crippen LogP contribution in [-0.4, -0.2) is 51.4 Å². The number of carboxylic acids is 1. The minimum atomic E-state index is -3.27. The lowest BCUT2D eigenvalue weighted by atomic mass is 10.1. The SMILES string of the molecule is CC(=O)N[C@H](C(=O)O)C(C)C.CCOc1cc(C(N)=CS(C)(=O)=O)ccc1OC. The first-order valence-electron chi connectivity index (χ1n) is 8.80. The van der Waals surface area contributed by atoms with E-state index in [0.29, 0.717) is 23.7 Å². The summed E-state index contributed by atoms with van der Waals surface area (Å²) in [7, 11) is -1.74. The molecule has 9 nitrogen and oxygen atoms in total. The average Bonchev–Trinajstić information content (AvgIpc) is 2.58. The summed E-state index contributed by atoms with van der Waals surface area (Å²) in [6.07, 6.45) is 1.09. The van der Waals surface area contributed by atoms with Crippen LogP contribution in [0.15, 0.2) is 23.6 Å². The van der Waals surface area contributed by atoms with E-state index >= 15 is 0 Å². The summed E-state index contributed by atoms with van der Waals surface area (Å²) in [5, 5.41) is 11.9. The first kappa shape index (κ1) is 26.2. The van der Waals surface area contributed by atoms with Crippen LogP contribution in [-0.2, 0) is 19.4 Å². The van der Waals surface area contributed by atoms with Gasteiger partial charge in [0.15, 0.2) is 21.3 Å². The molecule has 29 heavy (non-hydrogen) atoms. The molecule has 0 bridgehead atoms. The molecule has 1 aromatic carbocycles. The molecule has 0 heterocycles. The van der Waals surface area contributed by atoms with Gasteiger partial charge in [0.05, 0.1) is 24.8 Å². The Bertz CT molecular complexity index is 833. The van der Waals surface area contributed by atoms with E-state index in [1.165, 1.54) is 14.0 Å². The Labute approximate surface area is 171 Å². The van der Waals surface area contributed by atoms with Gasteiger partial charge in [-0.15, -0.1) is 0 Å². The van der Waals surface area contributed by atoms with Crippen molar-refractivity contribution in [2.75, 3.05) is 20.0 Å². The van der Waals surface area contributed by atoms with E-state index in [1.54, 1.807) is 32.0 Å². The third kappa shape index (κ3) is 10.4. The number of nitrogens with one attached hydrogen (secondary N) is 1. The van der Waals surface area contributed by atoms with Crippen molar-refractivity contribution in [1.82, 2.24) is 5.32 Å². The first-order chi connectivity index (χ1) is 13.3. The van der Waals surface area contributed by atoms with Crippen LogP contribution < -0.4 is 20.5 Å². The highest BCUT2D eigenvalue weighted by atomic mass is 32.2. The van der Waals surface area contributed by atoms with Crippen LogP contribution in [0.3, 0.4) is 0 Å². The van der Waals surface area contributed by atoms with Crippen molar-refractivity contribution in [3.05, 3.63) is 29.2 Å². The summed E-state index contributed by atoms with van der Waals surface area (Å²) in [5.41, 5.74) is 6.46. The fourth-order valence-electron chi connectivity index (χ4n) is 2.16. The van der Waals surface area contributed by atoms with Crippen LogP contribution in [0.2, 0.25) is 0 Å². The molecule has 4 N–H and O–H groups in total. The molecule has 0 aliphatic heterocycles. The van der Waals surface area contributed by atoms with Crippen LogP contribution >= 0.6 is 0 Å². The Kier molecular flexibility index (Phi) is 10.8. The maximum absolute atomic E-state index is 11.1. The van der Waals surface area contributed by atoms with Gasteiger partial charge in [0.1, 0.15) is 6.04 Å². The van der Waals surface area contributed by atoms with Gasteiger partial charge in [-0.1, -0.05) is 13.8 Å². The van der Waals surface area contributed by atoms with E-state index < -0.39 is 21.8 Å². The molecule has 0 spiro atoms. The number of rotatable bonds is 8. The third-order valence-corrected chi connectivity index (χ3v) is 4.11. The van der Waals surface area contributed by atoms with E-state index in [-0.39, 0.29) is 17.5 Å². The largest absolute Gasteiger partial charge is 0.493 e. The Hall–Kier alpha value is -2.75. The summed E-state index contributed by atoms with van der Waals surface area (Å²) < 4.78 is 32.8. The lowest BCUT2D eigenvalue weighted by Gasteiger charge is -2.16. The second-order valence-electron chi connectivity index (χ2n) is 6.46. The molecule has 1 rings (SSSR count). The highest BCUT2D eigenvalue weighted by molar-refractivity contribution is 7.93. The predicted octanol–water partition coefficient (Wildman–Crippen LogP) is 1.63. The fourth-order valence-corrected chi connectivity index (χ4v) is 2.75. The molecular formula is C19H30N2O7S. The predicted molar refractivity (Wildman–Crippen MR) is 111 cm³/mol. The second kappa shape index (κ2) is 11.9. The Balaban J connectivity index is 0.000000614. The molecule has 0 unspecified atom stereocenters. The summed E-state index contributed by atoms with van der Waals surface area (Å²) in [4.78, 5) is 21.0. The molecule has 0 saturated heterocycles. The van der Waals surface area contributed by atoms with Crippen LogP contribution in [0.5, 0.6) is 11.5 Å². The standard InChI is InChI=1S/C12H17NO4S.C7H13NO3/c1-4-17-12-7-9(5-6-11(12)16-2)10(13)8-18(3,14)15;1-4(2)6(7(10)11)8-5(3)9/h5-8H,4,13H2,1-3H3;4,6H,1-3H3,(H,8,9)(H,10,11)/t;6-/m.0/s1. The number of hydrogen-bond acceptors (Lipinski definition) is 7. The lowest BCUT2D eigenvalue weighted by molar-refractivity contribution is -0.142. The normalized spacial score (nSPS) is 12.4. The van der Waals surface area contributed by atoms with Crippen LogP contribution in [0.25, 0.3) is 5.70 Å². The molecular weight excluding hydrogens is 400 g/mol. The Morgan fingerprint density at radius 1 is 1.28 bits per heavy atom. The maximum atomic E-state index is 11.1. The van der Waals surface area contributed by atoms with Crippen molar-refractivity contribution in [1.29, 1.82) is 0 Å². The molecule has 0 fully saturated rings. The van der Waals surface area contributed by atoms with Gasteiger partial charge >= 0.3 is 5.97 Å². The van der Waals surface area contributed by atoms with Crippen molar-refractivity contribution in [2.24, 2.45) is 11.7 Å². The van der Waals surface area contributed by atoms with Crippen LogP contribution in [0.1, 0.15) is 33.3 Å². The number of carbonyl (C=O) groups is 2. The van der Waals surface area contributed by atoms with Crippen molar-refractivity contribution in [2.45, 2.75) is 33.7 Å². The summed E-state index contributed by atoms with van der Waals surface area (Å²) in [6, 6.07) is 4.24. The number of carboxylic acid groups (broad SMARTS) is 1. The molecule has 0 saturated carbocycles. The highest BCUT2D eigenvalue weighted by Crippen LogP contribution is 2.29. The van der Waals surface area contributed by atoms with E-state index in [4.69, 9.17) is 20.3 Å². The second-order valence-corrected chi connectivity index (χ2v) is 8.36. The van der Waals surface area contributed by atoms with Gasteiger partial charge < -0.3 is 25.6 Å². The van der Waals surface area contributed by atoms with Gasteiger partial charge in [0.2, 0.25) is 5.91 Å². The number of aliphatic carboxylic acids is 1. The molecule has 1 atom stereocenters. The van der Waals surface area contributed by atoms with Gasteiger partial charge in [0, 0.05) is 18.7 Å². The average molecular weight is 431 g/mol. The van der Waals surface area contributed by atoms with Gasteiger partial charge in [-0.25, -0.2) is 13.2 Å². The van der Waals surface area contributed by atoms with Gasteiger partial charge in [-0.3, -0.25) is 4.79 Å². The number of benzene rings is 1. The van der Waals surface area contributed by atoms with Crippen molar-refractivity contribution >= 4 is 27.4 Å². The van der Waals surface area contributed by atoms with Crippen molar-refractivity contribution in [3.63, 3.8) is 0 Å². The molecule has 1 aromatic rings. The Morgan fingerprint density at radius 3 is 2.21 bits per heavy atom. The molecule has 0 aromatic heterocycles. The summed E-state index contributed by atoms with van der Waals surface area (Å²) in [6.45, 7) is 7.12. The van der Waals surface area contributed by atoms with E-state index in [0.717, 1.165) is 11.7 Å². The van der Waals surface area contributed by atoms with E-state index in [1.807, 2.05) is 6.92 Å². The van der Waals surface area contributed by atoms with Crippen molar-refractivity contribution < 1.29 is 32.6 Å². The monoisotopic (exact) mass is 430 g/mol.